The molecular formula is C16H23NO4. The molecule has 116 valence electrons. The van der Waals surface area contributed by atoms with E-state index in [1.165, 1.54) is 7.11 Å². The molecule has 5 nitrogen and oxygen atoms in total. The van der Waals surface area contributed by atoms with Gasteiger partial charge in [-0.3, -0.25) is 9.59 Å². The van der Waals surface area contributed by atoms with Crippen molar-refractivity contribution in [2.45, 2.75) is 32.8 Å². The molecule has 0 radical (unpaired) electrons. The number of hydrogen-bond donors (Lipinski definition) is 0. The Balaban J connectivity index is 2.42. The summed E-state index contributed by atoms with van der Waals surface area (Å²) in [5.41, 5.74) is 1.14. The standard InChI is InChI=1S/C16H23NO4/c1-12-7-9-14(10-8-12)21-13(2)16(19)17(3)11-5-6-15(18)20-4/h7-10,13H,5-6,11H2,1-4H3. The number of methoxy groups -OCH3 is 1. The van der Waals surface area contributed by atoms with Crippen LogP contribution in [0.2, 0.25) is 0 Å². The van der Waals surface area contributed by atoms with Crippen molar-refractivity contribution in [2.75, 3.05) is 20.7 Å². The molecule has 0 fully saturated rings. The Morgan fingerprint density at radius 3 is 2.43 bits per heavy atom. The molecule has 0 aliphatic carbocycles. The van der Waals surface area contributed by atoms with E-state index >= 15 is 0 Å². The van der Waals surface area contributed by atoms with Gasteiger partial charge in [0.05, 0.1) is 7.11 Å². The van der Waals surface area contributed by atoms with E-state index in [1.54, 1.807) is 18.9 Å². The van der Waals surface area contributed by atoms with Crippen LogP contribution in [0.4, 0.5) is 0 Å². The minimum Gasteiger partial charge on any atom is -0.481 e. The maximum absolute atomic E-state index is 12.1. The van der Waals surface area contributed by atoms with E-state index in [0.29, 0.717) is 25.1 Å². The molecule has 21 heavy (non-hydrogen) atoms. The van der Waals surface area contributed by atoms with Gasteiger partial charge in [-0.05, 0) is 32.4 Å². The highest BCUT2D eigenvalue weighted by Crippen LogP contribution is 2.14. The molecular weight excluding hydrogens is 270 g/mol. The molecule has 0 aromatic heterocycles. The number of hydrogen-bond acceptors (Lipinski definition) is 4. The van der Waals surface area contributed by atoms with E-state index in [1.807, 2.05) is 31.2 Å². The monoisotopic (exact) mass is 293 g/mol. The molecule has 0 aliphatic rings. The summed E-state index contributed by atoms with van der Waals surface area (Å²) in [5.74, 6) is 0.296. The van der Waals surface area contributed by atoms with Gasteiger partial charge in [0.1, 0.15) is 5.75 Å². The summed E-state index contributed by atoms with van der Waals surface area (Å²) in [6, 6.07) is 7.56. The van der Waals surface area contributed by atoms with Crippen LogP contribution in [0.15, 0.2) is 24.3 Å². The second-order valence-corrected chi connectivity index (χ2v) is 5.01. The first-order valence-corrected chi connectivity index (χ1v) is 6.99. The Labute approximate surface area is 125 Å². The summed E-state index contributed by atoms with van der Waals surface area (Å²) in [7, 11) is 3.06. The molecule has 5 heteroatoms. The van der Waals surface area contributed by atoms with Gasteiger partial charge in [-0.25, -0.2) is 0 Å². The molecule has 1 atom stereocenters. The van der Waals surface area contributed by atoms with Crippen LogP contribution in [0, 0.1) is 6.92 Å². The van der Waals surface area contributed by atoms with E-state index in [9.17, 15) is 9.59 Å². The highest BCUT2D eigenvalue weighted by Gasteiger charge is 2.19. The molecule has 1 unspecified atom stereocenters. The normalized spacial score (nSPS) is 11.6. The zero-order chi connectivity index (χ0) is 15.8. The molecule has 1 aromatic carbocycles. The fraction of sp³-hybridized carbons (Fsp3) is 0.500. The quantitative estimate of drug-likeness (QED) is 0.723. The average Bonchev–Trinajstić information content (AvgIpc) is 2.48. The molecule has 0 bridgehead atoms. The van der Waals surface area contributed by atoms with Crippen LogP contribution >= 0.6 is 0 Å². The number of carbonyl (C=O) groups excluding carboxylic acids is 2. The molecule has 0 N–H and O–H groups in total. The predicted molar refractivity (Wildman–Crippen MR) is 80.2 cm³/mol. The fourth-order valence-electron chi connectivity index (χ4n) is 1.85. The molecule has 1 aromatic rings. The van der Waals surface area contributed by atoms with Gasteiger partial charge >= 0.3 is 5.97 Å². The minimum atomic E-state index is -0.559. The van der Waals surface area contributed by atoms with Crippen LogP contribution in [0.1, 0.15) is 25.3 Å². The lowest BCUT2D eigenvalue weighted by atomic mass is 10.2. The van der Waals surface area contributed by atoms with Crippen molar-refractivity contribution in [3.8, 4) is 5.75 Å². The molecule has 0 spiro atoms. The first-order valence-electron chi connectivity index (χ1n) is 6.99. The number of rotatable bonds is 7. The molecule has 0 saturated carbocycles. The Morgan fingerprint density at radius 2 is 1.86 bits per heavy atom. The highest BCUT2D eigenvalue weighted by atomic mass is 16.5. The van der Waals surface area contributed by atoms with Gasteiger partial charge in [0, 0.05) is 20.0 Å². The van der Waals surface area contributed by atoms with E-state index < -0.39 is 6.10 Å². The summed E-state index contributed by atoms with van der Waals surface area (Å²) >= 11 is 0. The Kier molecular flexibility index (Phi) is 6.72. The summed E-state index contributed by atoms with van der Waals surface area (Å²) < 4.78 is 10.2. The second-order valence-electron chi connectivity index (χ2n) is 5.01. The van der Waals surface area contributed by atoms with Crippen LogP contribution in [-0.2, 0) is 14.3 Å². The highest BCUT2D eigenvalue weighted by molar-refractivity contribution is 5.80. The number of likely N-dealkylation sites (N-methyl/N-ethyl adjacent to an activating group) is 1. The van der Waals surface area contributed by atoms with Gasteiger partial charge in [0.25, 0.3) is 5.91 Å². The maximum Gasteiger partial charge on any atom is 0.305 e. The summed E-state index contributed by atoms with van der Waals surface area (Å²) in [5, 5.41) is 0. The van der Waals surface area contributed by atoms with Crippen molar-refractivity contribution in [3.63, 3.8) is 0 Å². The third kappa shape index (κ3) is 5.85. The number of carbonyl (C=O) groups is 2. The van der Waals surface area contributed by atoms with Crippen LogP contribution in [-0.4, -0.2) is 43.6 Å². The van der Waals surface area contributed by atoms with Crippen LogP contribution < -0.4 is 4.74 Å². The van der Waals surface area contributed by atoms with Gasteiger partial charge in [0.2, 0.25) is 0 Å². The molecule has 1 amide bonds. The largest absolute Gasteiger partial charge is 0.481 e. The van der Waals surface area contributed by atoms with Crippen LogP contribution in [0.25, 0.3) is 0 Å². The molecule has 0 saturated heterocycles. The molecule has 0 aliphatic heterocycles. The fourth-order valence-corrected chi connectivity index (χ4v) is 1.85. The zero-order valence-electron chi connectivity index (χ0n) is 13.1. The molecule has 1 rings (SSSR count). The van der Waals surface area contributed by atoms with Gasteiger partial charge in [-0.2, -0.15) is 0 Å². The molecule has 0 heterocycles. The van der Waals surface area contributed by atoms with Gasteiger partial charge in [0.15, 0.2) is 6.10 Å². The Morgan fingerprint density at radius 1 is 1.24 bits per heavy atom. The first-order chi connectivity index (χ1) is 9.93. The number of amides is 1. The topological polar surface area (TPSA) is 55.8 Å². The Hall–Kier alpha value is -2.04. The number of ether oxygens (including phenoxy) is 2. The lowest BCUT2D eigenvalue weighted by Crippen LogP contribution is -2.38. The van der Waals surface area contributed by atoms with E-state index in [2.05, 4.69) is 4.74 Å². The summed E-state index contributed by atoms with van der Waals surface area (Å²) in [6.45, 7) is 4.21. The van der Waals surface area contributed by atoms with Crippen molar-refractivity contribution in [3.05, 3.63) is 29.8 Å². The van der Waals surface area contributed by atoms with Crippen LogP contribution in [0.3, 0.4) is 0 Å². The van der Waals surface area contributed by atoms with Crippen molar-refractivity contribution >= 4 is 11.9 Å². The average molecular weight is 293 g/mol. The number of nitrogens with zero attached hydrogens (tertiary/aromatic N) is 1. The summed E-state index contributed by atoms with van der Waals surface area (Å²) in [6.07, 6.45) is 0.323. The van der Waals surface area contributed by atoms with Crippen molar-refractivity contribution in [1.29, 1.82) is 0 Å². The number of benzene rings is 1. The second kappa shape index (κ2) is 8.29. The lowest BCUT2D eigenvalue weighted by molar-refractivity contribution is -0.142. The van der Waals surface area contributed by atoms with E-state index in [4.69, 9.17) is 4.74 Å². The van der Waals surface area contributed by atoms with E-state index in [0.717, 1.165) is 5.56 Å². The van der Waals surface area contributed by atoms with Crippen molar-refractivity contribution in [1.82, 2.24) is 4.90 Å². The maximum atomic E-state index is 12.1. The minimum absolute atomic E-state index is 0.111. The SMILES string of the molecule is COC(=O)CCCN(C)C(=O)C(C)Oc1ccc(C)cc1. The zero-order valence-corrected chi connectivity index (χ0v) is 13.1. The number of esters is 1. The first kappa shape index (κ1) is 17.0. The van der Waals surface area contributed by atoms with Gasteiger partial charge in [-0.1, -0.05) is 17.7 Å². The van der Waals surface area contributed by atoms with Gasteiger partial charge in [-0.15, -0.1) is 0 Å². The third-order valence-electron chi connectivity index (χ3n) is 3.16. The van der Waals surface area contributed by atoms with E-state index in [-0.39, 0.29) is 11.9 Å². The van der Waals surface area contributed by atoms with Crippen LogP contribution in [0.5, 0.6) is 5.75 Å². The third-order valence-corrected chi connectivity index (χ3v) is 3.16. The smallest absolute Gasteiger partial charge is 0.305 e. The van der Waals surface area contributed by atoms with Crippen molar-refractivity contribution < 1.29 is 19.1 Å². The van der Waals surface area contributed by atoms with Crippen molar-refractivity contribution in [2.24, 2.45) is 0 Å². The van der Waals surface area contributed by atoms with Gasteiger partial charge < -0.3 is 14.4 Å². The summed E-state index contributed by atoms with van der Waals surface area (Å²) in [4.78, 5) is 24.7. The Bertz CT molecular complexity index is 470. The predicted octanol–water partition coefficient (Wildman–Crippen LogP) is 2.17. The number of aryl methyl sites for hydroxylation is 1. The lowest BCUT2D eigenvalue weighted by Gasteiger charge is -2.22.